The summed E-state index contributed by atoms with van der Waals surface area (Å²) in [6.07, 6.45) is -0.0423. The van der Waals surface area contributed by atoms with Gasteiger partial charge in [-0.1, -0.05) is 29.8 Å². The summed E-state index contributed by atoms with van der Waals surface area (Å²) in [4.78, 5) is 35.4. The zero-order valence-corrected chi connectivity index (χ0v) is 14.2. The van der Waals surface area contributed by atoms with Gasteiger partial charge in [-0.2, -0.15) is 0 Å². The van der Waals surface area contributed by atoms with E-state index in [1.165, 1.54) is 19.2 Å². The van der Waals surface area contributed by atoms with Gasteiger partial charge in [0.25, 0.3) is 5.91 Å². The Bertz CT molecular complexity index is 790. The smallest absolute Gasteiger partial charge is 0.307 e. The van der Waals surface area contributed by atoms with Crippen molar-refractivity contribution in [2.45, 2.75) is 12.5 Å². The van der Waals surface area contributed by atoms with E-state index in [0.717, 1.165) is 0 Å². The molecular weight excluding hydrogens is 344 g/mol. The largest absolute Gasteiger partial charge is 0.469 e. The van der Waals surface area contributed by atoms with Crippen LogP contribution in [0.3, 0.4) is 0 Å². The topological polar surface area (TPSA) is 98.5 Å². The van der Waals surface area contributed by atoms with Gasteiger partial charge in [-0.05, 0) is 35.9 Å². The van der Waals surface area contributed by atoms with Crippen LogP contribution in [0.2, 0.25) is 5.02 Å². The van der Waals surface area contributed by atoms with Gasteiger partial charge < -0.3 is 15.8 Å². The number of hydrogen-bond donors (Lipinski definition) is 2. The Labute approximate surface area is 149 Å². The van der Waals surface area contributed by atoms with Gasteiger partial charge in [0.05, 0.1) is 19.6 Å². The Kier molecular flexibility index (Phi) is 6.14. The van der Waals surface area contributed by atoms with Crippen LogP contribution >= 0.6 is 11.6 Å². The van der Waals surface area contributed by atoms with Crippen LogP contribution < -0.4 is 11.1 Å². The number of halogens is 1. The Balaban J connectivity index is 2.24. The van der Waals surface area contributed by atoms with E-state index in [-0.39, 0.29) is 17.5 Å². The molecule has 0 aliphatic rings. The third-order valence-electron chi connectivity index (χ3n) is 3.59. The lowest BCUT2D eigenvalue weighted by Gasteiger charge is -2.18. The second-order valence-electron chi connectivity index (χ2n) is 5.30. The number of benzene rings is 2. The molecule has 0 spiro atoms. The first-order valence-corrected chi connectivity index (χ1v) is 7.81. The average molecular weight is 361 g/mol. The van der Waals surface area contributed by atoms with Crippen molar-refractivity contribution in [3.05, 3.63) is 70.2 Å². The molecule has 0 heterocycles. The van der Waals surface area contributed by atoms with E-state index >= 15 is 0 Å². The van der Waals surface area contributed by atoms with Gasteiger partial charge in [0, 0.05) is 16.1 Å². The fraction of sp³-hybridized carbons (Fsp3) is 0.167. The fourth-order valence-corrected chi connectivity index (χ4v) is 2.38. The Morgan fingerprint density at radius 1 is 1.12 bits per heavy atom. The average Bonchev–Trinajstić information content (AvgIpc) is 2.61. The number of nitrogens with one attached hydrogen (secondary N) is 1. The zero-order chi connectivity index (χ0) is 18.4. The van der Waals surface area contributed by atoms with Crippen molar-refractivity contribution in [2.24, 2.45) is 5.73 Å². The predicted molar refractivity (Wildman–Crippen MR) is 93.3 cm³/mol. The van der Waals surface area contributed by atoms with Crippen LogP contribution in [-0.2, 0) is 9.53 Å². The first-order valence-electron chi connectivity index (χ1n) is 7.43. The number of nitrogens with two attached hydrogens (primary N) is 1. The molecule has 1 atom stereocenters. The minimum absolute atomic E-state index is 0.0423. The number of methoxy groups -OCH3 is 1. The van der Waals surface area contributed by atoms with Gasteiger partial charge >= 0.3 is 5.97 Å². The van der Waals surface area contributed by atoms with Crippen molar-refractivity contribution in [2.75, 3.05) is 7.11 Å². The molecule has 0 saturated carbocycles. The lowest BCUT2D eigenvalue weighted by molar-refractivity contribution is -0.141. The van der Waals surface area contributed by atoms with Crippen LogP contribution in [0.15, 0.2) is 48.5 Å². The highest BCUT2D eigenvalue weighted by Crippen LogP contribution is 2.21. The third-order valence-corrected chi connectivity index (χ3v) is 3.84. The number of hydrogen-bond acceptors (Lipinski definition) is 4. The van der Waals surface area contributed by atoms with Gasteiger partial charge in [-0.3, -0.25) is 14.4 Å². The summed E-state index contributed by atoms with van der Waals surface area (Å²) in [5, 5.41) is 3.31. The third kappa shape index (κ3) is 5.06. The number of carbonyl (C=O) groups excluding carboxylic acids is 3. The summed E-state index contributed by atoms with van der Waals surface area (Å²) in [5.41, 5.74) is 6.42. The lowest BCUT2D eigenvalue weighted by atomic mass is 10.0. The molecule has 0 aromatic heterocycles. The Morgan fingerprint density at radius 2 is 1.76 bits per heavy atom. The minimum atomic E-state index is -0.626. The summed E-state index contributed by atoms with van der Waals surface area (Å²) < 4.78 is 4.69. The number of esters is 1. The molecule has 0 unspecified atom stereocenters. The molecule has 0 radical (unpaired) electrons. The maximum absolute atomic E-state index is 12.5. The van der Waals surface area contributed by atoms with Crippen molar-refractivity contribution in [3.63, 3.8) is 0 Å². The van der Waals surface area contributed by atoms with Gasteiger partial charge in [-0.15, -0.1) is 0 Å². The Hall–Kier alpha value is -2.86. The molecule has 0 aliphatic heterocycles. The molecule has 25 heavy (non-hydrogen) atoms. The van der Waals surface area contributed by atoms with Crippen LogP contribution in [-0.4, -0.2) is 24.9 Å². The van der Waals surface area contributed by atoms with Gasteiger partial charge in [0.1, 0.15) is 0 Å². The van der Waals surface area contributed by atoms with E-state index in [4.69, 9.17) is 17.3 Å². The number of rotatable bonds is 6. The summed E-state index contributed by atoms with van der Waals surface area (Å²) in [6, 6.07) is 12.2. The van der Waals surface area contributed by atoms with E-state index in [1.54, 1.807) is 36.4 Å². The standard InChI is InChI=1S/C18H17ClN2O4/c1-25-16(22)10-15(11-5-7-14(19)8-6-11)21-18(24)13-4-2-3-12(9-13)17(20)23/h2-9,15H,10H2,1H3,(H2,20,23)(H,21,24)/t15-/m0/s1. The van der Waals surface area contributed by atoms with Crippen molar-refractivity contribution < 1.29 is 19.1 Å². The van der Waals surface area contributed by atoms with Crippen LogP contribution in [0.25, 0.3) is 0 Å². The first kappa shape index (κ1) is 18.5. The normalized spacial score (nSPS) is 11.4. The second-order valence-corrected chi connectivity index (χ2v) is 5.74. The molecule has 2 amide bonds. The van der Waals surface area contributed by atoms with Crippen molar-refractivity contribution in [3.8, 4) is 0 Å². The molecule has 3 N–H and O–H groups in total. The fourth-order valence-electron chi connectivity index (χ4n) is 2.25. The number of amides is 2. The molecule has 0 aliphatic carbocycles. The Morgan fingerprint density at radius 3 is 2.36 bits per heavy atom. The number of ether oxygens (including phenoxy) is 1. The maximum atomic E-state index is 12.5. The van der Waals surface area contributed by atoms with E-state index in [1.807, 2.05) is 0 Å². The molecule has 2 aromatic rings. The lowest BCUT2D eigenvalue weighted by Crippen LogP contribution is -2.30. The van der Waals surface area contributed by atoms with E-state index in [0.29, 0.717) is 10.6 Å². The van der Waals surface area contributed by atoms with Crippen LogP contribution in [0.1, 0.15) is 38.7 Å². The number of primary amides is 1. The molecule has 2 rings (SSSR count). The zero-order valence-electron chi connectivity index (χ0n) is 13.5. The highest BCUT2D eigenvalue weighted by atomic mass is 35.5. The molecule has 130 valence electrons. The van der Waals surface area contributed by atoms with Crippen molar-refractivity contribution in [1.29, 1.82) is 0 Å². The summed E-state index contributed by atoms with van der Waals surface area (Å²) in [6.45, 7) is 0. The summed E-state index contributed by atoms with van der Waals surface area (Å²) >= 11 is 5.88. The molecular formula is C18H17ClN2O4. The highest BCUT2D eigenvalue weighted by Gasteiger charge is 2.20. The van der Waals surface area contributed by atoms with E-state index in [2.05, 4.69) is 10.1 Å². The molecule has 2 aromatic carbocycles. The molecule has 0 bridgehead atoms. The quantitative estimate of drug-likeness (QED) is 0.773. The summed E-state index contributed by atoms with van der Waals surface area (Å²) in [5.74, 6) is -1.53. The number of carbonyl (C=O) groups is 3. The SMILES string of the molecule is COC(=O)C[C@H](NC(=O)c1cccc(C(N)=O)c1)c1ccc(Cl)cc1. The summed E-state index contributed by atoms with van der Waals surface area (Å²) in [7, 11) is 1.28. The van der Waals surface area contributed by atoms with Crippen molar-refractivity contribution in [1.82, 2.24) is 5.32 Å². The van der Waals surface area contributed by atoms with Crippen LogP contribution in [0.5, 0.6) is 0 Å². The molecule has 0 saturated heterocycles. The van der Waals surface area contributed by atoms with E-state index < -0.39 is 23.8 Å². The van der Waals surface area contributed by atoms with Crippen molar-refractivity contribution >= 4 is 29.4 Å². The molecule has 7 heteroatoms. The van der Waals surface area contributed by atoms with Crippen LogP contribution in [0, 0.1) is 0 Å². The van der Waals surface area contributed by atoms with Gasteiger partial charge in [0.2, 0.25) is 5.91 Å². The van der Waals surface area contributed by atoms with Crippen LogP contribution in [0.4, 0.5) is 0 Å². The van der Waals surface area contributed by atoms with E-state index in [9.17, 15) is 14.4 Å². The molecule has 0 fully saturated rings. The van der Waals surface area contributed by atoms with Gasteiger partial charge in [-0.25, -0.2) is 0 Å². The predicted octanol–water partition coefficient (Wildman–Crippen LogP) is 2.47. The van der Waals surface area contributed by atoms with Gasteiger partial charge in [0.15, 0.2) is 0 Å². The molecule has 6 nitrogen and oxygen atoms in total. The highest BCUT2D eigenvalue weighted by molar-refractivity contribution is 6.30. The maximum Gasteiger partial charge on any atom is 0.307 e. The minimum Gasteiger partial charge on any atom is -0.469 e. The first-order chi connectivity index (χ1) is 11.9. The monoisotopic (exact) mass is 360 g/mol. The second kappa shape index (κ2) is 8.30.